The van der Waals surface area contributed by atoms with Crippen LogP contribution in [0.4, 0.5) is 5.82 Å². The average molecular weight is 238 g/mol. The van der Waals surface area contributed by atoms with E-state index < -0.39 is 0 Å². The maximum Gasteiger partial charge on any atom is 0.189 e. The van der Waals surface area contributed by atoms with Crippen molar-refractivity contribution in [2.75, 3.05) is 11.6 Å². The van der Waals surface area contributed by atoms with E-state index in [9.17, 15) is 0 Å². The molecule has 0 aromatic carbocycles. The van der Waals surface area contributed by atoms with Crippen LogP contribution in [0.5, 0.6) is 0 Å². The molecule has 0 radical (unpaired) electrons. The van der Waals surface area contributed by atoms with Crippen LogP contribution in [0, 0.1) is 0 Å². The van der Waals surface area contributed by atoms with Crippen molar-refractivity contribution < 1.29 is 0 Å². The molecular formula is C11H18N4S. The molecule has 88 valence electrons. The van der Waals surface area contributed by atoms with E-state index >= 15 is 0 Å². The number of nitrogens with zero attached hydrogens (tertiary/aromatic N) is 2. The highest BCUT2D eigenvalue weighted by Crippen LogP contribution is 2.20. The molecule has 4 nitrogen and oxygen atoms in total. The number of hydrogen-bond acceptors (Lipinski definition) is 5. The van der Waals surface area contributed by atoms with E-state index in [4.69, 9.17) is 5.73 Å². The molecule has 1 fully saturated rings. The van der Waals surface area contributed by atoms with E-state index in [1.807, 2.05) is 12.3 Å². The fourth-order valence-corrected chi connectivity index (χ4v) is 2.40. The van der Waals surface area contributed by atoms with Crippen LogP contribution < -0.4 is 11.1 Å². The number of nitrogens with two attached hydrogens (primary N) is 1. The van der Waals surface area contributed by atoms with Crippen LogP contribution in [-0.4, -0.2) is 28.3 Å². The van der Waals surface area contributed by atoms with Gasteiger partial charge in [0.1, 0.15) is 5.82 Å². The molecule has 2 rings (SSSR count). The van der Waals surface area contributed by atoms with Gasteiger partial charge in [-0.25, -0.2) is 9.97 Å². The summed E-state index contributed by atoms with van der Waals surface area (Å²) in [6, 6.07) is 2.51. The summed E-state index contributed by atoms with van der Waals surface area (Å²) < 4.78 is 0. The minimum Gasteiger partial charge on any atom is -0.366 e. The van der Waals surface area contributed by atoms with Gasteiger partial charge >= 0.3 is 0 Å². The Labute approximate surface area is 100 Å². The molecule has 0 amide bonds. The smallest absolute Gasteiger partial charge is 0.189 e. The summed E-state index contributed by atoms with van der Waals surface area (Å²) in [4.78, 5) is 8.56. The van der Waals surface area contributed by atoms with Crippen LogP contribution in [0.3, 0.4) is 0 Å². The molecule has 1 aliphatic rings. The SMILES string of the molecule is CSc1nccc(N[C@@H]2CCCC[C@H]2N)n1. The average Bonchev–Trinajstić information content (AvgIpc) is 2.32. The van der Waals surface area contributed by atoms with Gasteiger partial charge in [0.25, 0.3) is 0 Å². The molecule has 16 heavy (non-hydrogen) atoms. The Hall–Kier alpha value is -0.810. The Morgan fingerprint density at radius 1 is 1.44 bits per heavy atom. The van der Waals surface area contributed by atoms with E-state index in [1.165, 1.54) is 12.8 Å². The molecule has 1 aromatic heterocycles. The zero-order valence-electron chi connectivity index (χ0n) is 9.52. The van der Waals surface area contributed by atoms with Gasteiger partial charge in [-0.1, -0.05) is 24.6 Å². The van der Waals surface area contributed by atoms with Crippen LogP contribution in [0.25, 0.3) is 0 Å². The molecule has 1 aromatic rings. The van der Waals surface area contributed by atoms with Gasteiger partial charge in [0, 0.05) is 18.3 Å². The minimum atomic E-state index is 0.251. The van der Waals surface area contributed by atoms with E-state index in [0.717, 1.165) is 23.8 Å². The third kappa shape index (κ3) is 2.86. The maximum absolute atomic E-state index is 6.09. The van der Waals surface area contributed by atoms with E-state index in [2.05, 4.69) is 15.3 Å². The highest BCUT2D eigenvalue weighted by molar-refractivity contribution is 7.98. The number of rotatable bonds is 3. The van der Waals surface area contributed by atoms with Gasteiger partial charge < -0.3 is 11.1 Å². The van der Waals surface area contributed by atoms with E-state index in [-0.39, 0.29) is 6.04 Å². The molecule has 1 heterocycles. The largest absolute Gasteiger partial charge is 0.366 e. The van der Waals surface area contributed by atoms with Crippen molar-refractivity contribution in [3.8, 4) is 0 Å². The predicted octanol–water partition coefficient (Wildman–Crippen LogP) is 1.88. The lowest BCUT2D eigenvalue weighted by Gasteiger charge is -2.29. The highest BCUT2D eigenvalue weighted by Gasteiger charge is 2.21. The second-order valence-corrected chi connectivity index (χ2v) is 4.90. The van der Waals surface area contributed by atoms with Gasteiger partial charge in [0.05, 0.1) is 0 Å². The highest BCUT2D eigenvalue weighted by atomic mass is 32.2. The van der Waals surface area contributed by atoms with Crippen LogP contribution in [0.15, 0.2) is 17.4 Å². The molecule has 0 bridgehead atoms. The number of thioether (sulfide) groups is 1. The first kappa shape index (κ1) is 11.7. The van der Waals surface area contributed by atoms with Crippen LogP contribution in [0.2, 0.25) is 0 Å². The molecule has 0 saturated heterocycles. The summed E-state index contributed by atoms with van der Waals surface area (Å²) in [6.45, 7) is 0. The standard InChI is InChI=1S/C11H18N4S/c1-16-11-13-7-6-10(15-11)14-9-5-3-2-4-8(9)12/h6-9H,2-5,12H2,1H3,(H,13,14,15)/t8-,9-/m1/s1. The third-order valence-electron chi connectivity index (χ3n) is 2.97. The first-order valence-corrected chi connectivity index (χ1v) is 6.91. The Morgan fingerprint density at radius 3 is 3.00 bits per heavy atom. The summed E-state index contributed by atoms with van der Waals surface area (Å²) in [5, 5.41) is 4.22. The molecule has 5 heteroatoms. The fourth-order valence-electron chi connectivity index (χ4n) is 2.05. The summed E-state index contributed by atoms with van der Waals surface area (Å²) in [6.07, 6.45) is 8.52. The number of hydrogen-bond donors (Lipinski definition) is 2. The molecule has 0 unspecified atom stereocenters. The van der Waals surface area contributed by atoms with Gasteiger partial charge in [0.15, 0.2) is 5.16 Å². The Balaban J connectivity index is 2.01. The molecule has 3 N–H and O–H groups in total. The normalized spacial score (nSPS) is 25.4. The first-order chi connectivity index (χ1) is 7.79. The van der Waals surface area contributed by atoms with Crippen molar-refractivity contribution in [3.05, 3.63) is 12.3 Å². The van der Waals surface area contributed by atoms with Crippen molar-refractivity contribution in [2.24, 2.45) is 5.73 Å². The van der Waals surface area contributed by atoms with Crippen molar-refractivity contribution >= 4 is 17.6 Å². The zero-order chi connectivity index (χ0) is 11.4. The lowest BCUT2D eigenvalue weighted by molar-refractivity contribution is 0.403. The fraction of sp³-hybridized carbons (Fsp3) is 0.636. The van der Waals surface area contributed by atoms with Gasteiger partial charge in [-0.3, -0.25) is 0 Å². The van der Waals surface area contributed by atoms with Crippen molar-refractivity contribution in [1.82, 2.24) is 9.97 Å². The lowest BCUT2D eigenvalue weighted by Crippen LogP contribution is -2.42. The topological polar surface area (TPSA) is 63.8 Å². The quantitative estimate of drug-likeness (QED) is 0.622. The predicted molar refractivity (Wildman–Crippen MR) is 67.7 cm³/mol. The minimum absolute atomic E-state index is 0.251. The maximum atomic E-state index is 6.09. The molecule has 0 aliphatic heterocycles. The number of aromatic nitrogens is 2. The van der Waals surface area contributed by atoms with Crippen LogP contribution in [-0.2, 0) is 0 Å². The number of nitrogens with one attached hydrogen (secondary N) is 1. The summed E-state index contributed by atoms with van der Waals surface area (Å²) in [5.41, 5.74) is 6.09. The van der Waals surface area contributed by atoms with Gasteiger partial charge in [-0.05, 0) is 25.2 Å². The summed E-state index contributed by atoms with van der Waals surface area (Å²) >= 11 is 1.55. The Morgan fingerprint density at radius 2 is 2.25 bits per heavy atom. The van der Waals surface area contributed by atoms with E-state index in [0.29, 0.717) is 6.04 Å². The molecule has 1 aliphatic carbocycles. The van der Waals surface area contributed by atoms with Crippen LogP contribution >= 0.6 is 11.8 Å². The second kappa shape index (κ2) is 5.50. The van der Waals surface area contributed by atoms with Crippen LogP contribution in [0.1, 0.15) is 25.7 Å². The first-order valence-electron chi connectivity index (χ1n) is 5.69. The van der Waals surface area contributed by atoms with Gasteiger partial charge in [-0.15, -0.1) is 0 Å². The van der Waals surface area contributed by atoms with Gasteiger partial charge in [-0.2, -0.15) is 0 Å². The third-order valence-corrected chi connectivity index (χ3v) is 3.53. The Bertz CT molecular complexity index is 345. The second-order valence-electron chi connectivity index (χ2n) is 4.13. The summed E-state index contributed by atoms with van der Waals surface area (Å²) in [5.74, 6) is 0.890. The summed E-state index contributed by atoms with van der Waals surface area (Å²) in [7, 11) is 0. The van der Waals surface area contributed by atoms with Crippen molar-refractivity contribution in [3.63, 3.8) is 0 Å². The monoisotopic (exact) mass is 238 g/mol. The van der Waals surface area contributed by atoms with Crippen molar-refractivity contribution in [2.45, 2.75) is 42.9 Å². The molecule has 0 spiro atoms. The number of anilines is 1. The molecule has 1 saturated carbocycles. The van der Waals surface area contributed by atoms with Gasteiger partial charge in [0.2, 0.25) is 0 Å². The molecule has 2 atom stereocenters. The Kier molecular flexibility index (Phi) is 4.01. The molecular weight excluding hydrogens is 220 g/mol. The zero-order valence-corrected chi connectivity index (χ0v) is 10.3. The lowest BCUT2D eigenvalue weighted by atomic mass is 9.91. The van der Waals surface area contributed by atoms with Crippen molar-refractivity contribution in [1.29, 1.82) is 0 Å². The van der Waals surface area contributed by atoms with E-state index in [1.54, 1.807) is 18.0 Å².